The van der Waals surface area contributed by atoms with Gasteiger partial charge in [0.2, 0.25) is 0 Å². The van der Waals surface area contributed by atoms with Crippen LogP contribution < -0.4 is 5.32 Å². The summed E-state index contributed by atoms with van der Waals surface area (Å²) in [6.07, 6.45) is 0.269. The van der Waals surface area contributed by atoms with Crippen LogP contribution in [-0.2, 0) is 14.3 Å². The summed E-state index contributed by atoms with van der Waals surface area (Å²) in [5.41, 5.74) is -0.583. The van der Waals surface area contributed by atoms with Gasteiger partial charge in [0.05, 0.1) is 7.11 Å². The van der Waals surface area contributed by atoms with Crippen LogP contribution in [0.1, 0.15) is 27.2 Å². The number of carbonyl (C=O) groups excluding carboxylic acids is 2. The van der Waals surface area contributed by atoms with Gasteiger partial charge in [-0.3, -0.25) is 9.69 Å². The molecule has 0 bridgehead atoms. The van der Waals surface area contributed by atoms with Crippen molar-refractivity contribution in [2.45, 2.75) is 38.8 Å². The van der Waals surface area contributed by atoms with Crippen LogP contribution in [0.25, 0.3) is 0 Å². The Morgan fingerprint density at radius 3 is 2.57 bits per heavy atom. The van der Waals surface area contributed by atoms with Crippen molar-refractivity contribution in [2.24, 2.45) is 5.92 Å². The summed E-state index contributed by atoms with van der Waals surface area (Å²) in [6.45, 7) is 6.86. The number of rotatable bonds is 5. The van der Waals surface area contributed by atoms with E-state index in [1.165, 1.54) is 7.11 Å². The fourth-order valence-corrected chi connectivity index (χ4v) is 2.29. The molecule has 0 saturated carbocycles. The number of carbonyl (C=O) groups is 2. The molecule has 1 aliphatic rings. The fraction of sp³-hybridized carbons (Fsp3) is 0.857. The Hall–Kier alpha value is -1.34. The van der Waals surface area contributed by atoms with Crippen molar-refractivity contribution in [1.29, 1.82) is 0 Å². The Labute approximate surface area is 125 Å². The number of aliphatic hydroxyl groups excluding tert-OH is 1. The van der Waals surface area contributed by atoms with Crippen molar-refractivity contribution >= 4 is 12.1 Å². The molecule has 1 amide bonds. The minimum atomic E-state index is -0.583. The first-order chi connectivity index (χ1) is 9.76. The van der Waals surface area contributed by atoms with E-state index >= 15 is 0 Å². The van der Waals surface area contributed by atoms with E-state index in [0.717, 1.165) is 6.42 Å². The fourth-order valence-electron chi connectivity index (χ4n) is 2.29. The van der Waals surface area contributed by atoms with E-state index in [1.807, 2.05) is 4.90 Å². The Morgan fingerprint density at radius 2 is 2.10 bits per heavy atom. The Balaban J connectivity index is 2.55. The molecule has 7 heteroatoms. The predicted molar refractivity (Wildman–Crippen MR) is 76.8 cm³/mol. The molecule has 1 saturated heterocycles. The molecule has 21 heavy (non-hydrogen) atoms. The zero-order valence-electron chi connectivity index (χ0n) is 13.2. The standard InChI is InChI=1S/C14H26N2O5/c1-14(2,3)21-13(19)15-7-11(12(18)20-4)16-6-5-10(8-16)9-17/h10-11,17H,5-9H2,1-4H3,(H,15,19)/t10-,11-/m1/s1. The van der Waals surface area contributed by atoms with E-state index in [4.69, 9.17) is 9.47 Å². The summed E-state index contributed by atoms with van der Waals surface area (Å²) < 4.78 is 9.94. The van der Waals surface area contributed by atoms with Gasteiger partial charge in [-0.2, -0.15) is 0 Å². The average Bonchev–Trinajstić information content (AvgIpc) is 2.85. The van der Waals surface area contributed by atoms with Crippen LogP contribution in [0.5, 0.6) is 0 Å². The third-order valence-corrected chi connectivity index (χ3v) is 3.33. The largest absolute Gasteiger partial charge is 0.468 e. The van der Waals surface area contributed by atoms with Crippen LogP contribution in [0, 0.1) is 5.92 Å². The zero-order chi connectivity index (χ0) is 16.0. The highest BCUT2D eigenvalue weighted by Gasteiger charge is 2.33. The molecular weight excluding hydrogens is 276 g/mol. The maximum Gasteiger partial charge on any atom is 0.407 e. The summed E-state index contributed by atoms with van der Waals surface area (Å²) in [6, 6.07) is -0.556. The van der Waals surface area contributed by atoms with Crippen molar-refractivity contribution in [3.8, 4) is 0 Å². The maximum absolute atomic E-state index is 11.9. The van der Waals surface area contributed by atoms with Gasteiger partial charge in [0.1, 0.15) is 11.6 Å². The number of ether oxygens (including phenoxy) is 2. The molecule has 0 aliphatic carbocycles. The summed E-state index contributed by atoms with van der Waals surface area (Å²) in [5.74, 6) is -0.233. The van der Waals surface area contributed by atoms with Gasteiger partial charge in [-0.25, -0.2) is 4.79 Å². The molecule has 0 radical (unpaired) electrons. The summed E-state index contributed by atoms with van der Waals surface area (Å²) in [5, 5.41) is 11.8. The van der Waals surface area contributed by atoms with Crippen LogP contribution in [-0.4, -0.2) is 67.1 Å². The van der Waals surface area contributed by atoms with Gasteiger partial charge in [0.25, 0.3) is 0 Å². The second-order valence-electron chi connectivity index (χ2n) is 6.25. The van der Waals surface area contributed by atoms with E-state index in [1.54, 1.807) is 20.8 Å². The third kappa shape index (κ3) is 5.89. The van der Waals surface area contributed by atoms with E-state index in [0.29, 0.717) is 13.1 Å². The van der Waals surface area contributed by atoms with Crippen LogP contribution in [0.2, 0.25) is 0 Å². The first kappa shape index (κ1) is 17.7. The smallest absolute Gasteiger partial charge is 0.407 e. The molecule has 1 fully saturated rings. The Kier molecular flexibility index (Phi) is 6.42. The van der Waals surface area contributed by atoms with Gasteiger partial charge in [-0.1, -0.05) is 0 Å². The quantitative estimate of drug-likeness (QED) is 0.713. The number of likely N-dealkylation sites (tertiary alicyclic amines) is 1. The number of esters is 1. The highest BCUT2D eigenvalue weighted by Crippen LogP contribution is 2.18. The molecular formula is C14H26N2O5. The number of alkyl carbamates (subject to hydrolysis) is 1. The summed E-state index contributed by atoms with van der Waals surface area (Å²) in [7, 11) is 1.32. The number of nitrogens with one attached hydrogen (secondary N) is 1. The second-order valence-corrected chi connectivity index (χ2v) is 6.25. The molecule has 0 aromatic carbocycles. The van der Waals surface area contributed by atoms with Gasteiger partial charge in [-0.15, -0.1) is 0 Å². The first-order valence-electron chi connectivity index (χ1n) is 7.16. The SMILES string of the molecule is COC(=O)[C@@H](CNC(=O)OC(C)(C)C)N1CC[C@@H](CO)C1. The van der Waals surface area contributed by atoms with Crippen molar-refractivity contribution in [3.05, 3.63) is 0 Å². The van der Waals surface area contributed by atoms with Crippen LogP contribution in [0.4, 0.5) is 4.79 Å². The predicted octanol–water partition coefficient (Wildman–Crippen LogP) is 0.367. The number of amides is 1. The molecule has 2 N–H and O–H groups in total. The average molecular weight is 302 g/mol. The number of aliphatic hydroxyl groups is 1. The van der Waals surface area contributed by atoms with Crippen LogP contribution >= 0.6 is 0 Å². The molecule has 0 unspecified atom stereocenters. The molecule has 0 aromatic heterocycles. The molecule has 1 aliphatic heterocycles. The van der Waals surface area contributed by atoms with E-state index in [9.17, 15) is 14.7 Å². The number of hydrogen-bond donors (Lipinski definition) is 2. The van der Waals surface area contributed by atoms with Crippen LogP contribution in [0.15, 0.2) is 0 Å². The van der Waals surface area contributed by atoms with Crippen molar-refractivity contribution in [2.75, 3.05) is 33.4 Å². The zero-order valence-corrected chi connectivity index (χ0v) is 13.2. The van der Waals surface area contributed by atoms with E-state index in [-0.39, 0.29) is 19.1 Å². The molecule has 0 aromatic rings. The van der Waals surface area contributed by atoms with E-state index < -0.39 is 23.7 Å². The first-order valence-corrected chi connectivity index (χ1v) is 7.16. The molecule has 122 valence electrons. The summed E-state index contributed by atoms with van der Waals surface area (Å²) in [4.78, 5) is 25.5. The van der Waals surface area contributed by atoms with Gasteiger partial charge in [0, 0.05) is 19.7 Å². The Bertz CT molecular complexity index is 367. The number of nitrogens with zero attached hydrogens (tertiary/aromatic N) is 1. The van der Waals surface area contributed by atoms with Gasteiger partial charge >= 0.3 is 12.1 Å². The molecule has 7 nitrogen and oxygen atoms in total. The van der Waals surface area contributed by atoms with Gasteiger partial charge < -0.3 is 19.9 Å². The minimum Gasteiger partial charge on any atom is -0.468 e. The lowest BCUT2D eigenvalue weighted by molar-refractivity contribution is -0.146. The van der Waals surface area contributed by atoms with E-state index in [2.05, 4.69) is 5.32 Å². The number of hydrogen-bond acceptors (Lipinski definition) is 6. The number of methoxy groups -OCH3 is 1. The highest BCUT2D eigenvalue weighted by molar-refractivity contribution is 5.77. The van der Waals surface area contributed by atoms with Crippen molar-refractivity contribution < 1.29 is 24.2 Å². The molecule has 1 heterocycles. The monoisotopic (exact) mass is 302 g/mol. The lowest BCUT2D eigenvalue weighted by Crippen LogP contribution is -2.49. The lowest BCUT2D eigenvalue weighted by Gasteiger charge is -2.26. The van der Waals surface area contributed by atoms with Crippen molar-refractivity contribution in [3.63, 3.8) is 0 Å². The van der Waals surface area contributed by atoms with Gasteiger partial charge in [0.15, 0.2) is 0 Å². The highest BCUT2D eigenvalue weighted by atomic mass is 16.6. The molecule has 0 spiro atoms. The second kappa shape index (κ2) is 7.61. The minimum absolute atomic E-state index is 0.101. The molecule has 2 atom stereocenters. The topological polar surface area (TPSA) is 88.1 Å². The Morgan fingerprint density at radius 1 is 1.43 bits per heavy atom. The normalized spacial score (nSPS) is 20.9. The molecule has 1 rings (SSSR count). The van der Waals surface area contributed by atoms with Crippen molar-refractivity contribution in [1.82, 2.24) is 10.2 Å². The third-order valence-electron chi connectivity index (χ3n) is 3.33. The van der Waals surface area contributed by atoms with Crippen LogP contribution in [0.3, 0.4) is 0 Å². The maximum atomic E-state index is 11.9. The lowest BCUT2D eigenvalue weighted by atomic mass is 10.1. The van der Waals surface area contributed by atoms with Gasteiger partial charge in [-0.05, 0) is 39.7 Å². The summed E-state index contributed by atoms with van der Waals surface area (Å²) >= 11 is 0.